The zero-order chi connectivity index (χ0) is 25.3. The molecule has 11 heteroatoms. The third-order valence-electron chi connectivity index (χ3n) is 6.90. The highest BCUT2D eigenvalue weighted by molar-refractivity contribution is 5.95. The minimum Gasteiger partial charge on any atom is -0.350 e. The molecule has 4 heterocycles. The molecule has 2 saturated heterocycles. The molecule has 0 aliphatic carbocycles. The summed E-state index contributed by atoms with van der Waals surface area (Å²) in [5, 5.41) is 15.2. The topological polar surface area (TPSA) is 113 Å². The minimum absolute atomic E-state index is 0.187. The molecular formula is C25H26FN7O3. The van der Waals surface area contributed by atoms with Gasteiger partial charge >= 0.3 is 0 Å². The van der Waals surface area contributed by atoms with Crippen LogP contribution >= 0.6 is 0 Å². The fourth-order valence-corrected chi connectivity index (χ4v) is 5.01. The van der Waals surface area contributed by atoms with Crippen LogP contribution in [0.4, 0.5) is 4.39 Å². The van der Waals surface area contributed by atoms with Crippen molar-refractivity contribution in [3.05, 3.63) is 77.1 Å². The smallest absolute Gasteiger partial charge is 0.257 e. The summed E-state index contributed by atoms with van der Waals surface area (Å²) < 4.78 is 15.5. The lowest BCUT2D eigenvalue weighted by Gasteiger charge is -2.48. The van der Waals surface area contributed by atoms with Gasteiger partial charge in [-0.3, -0.25) is 19.1 Å². The van der Waals surface area contributed by atoms with Crippen LogP contribution in [0.15, 0.2) is 48.8 Å². The van der Waals surface area contributed by atoms with Crippen LogP contribution in [0.3, 0.4) is 0 Å². The largest absolute Gasteiger partial charge is 0.350 e. The third-order valence-corrected chi connectivity index (χ3v) is 6.90. The average molecular weight is 492 g/mol. The highest BCUT2D eigenvalue weighted by Crippen LogP contribution is 2.44. The predicted molar refractivity (Wildman–Crippen MR) is 126 cm³/mol. The van der Waals surface area contributed by atoms with Crippen LogP contribution in [0.2, 0.25) is 0 Å². The molecule has 2 aromatic heterocycles. The van der Waals surface area contributed by atoms with Crippen molar-refractivity contribution in [3.63, 3.8) is 0 Å². The highest BCUT2D eigenvalue weighted by Gasteiger charge is 2.57. The van der Waals surface area contributed by atoms with E-state index in [4.69, 9.17) is 0 Å². The number of rotatable bonds is 7. The Morgan fingerprint density at radius 3 is 2.69 bits per heavy atom. The minimum atomic E-state index is -0.497. The number of aromatic nitrogens is 4. The van der Waals surface area contributed by atoms with Gasteiger partial charge in [0, 0.05) is 43.4 Å². The summed E-state index contributed by atoms with van der Waals surface area (Å²) in [6, 6.07) is 10.0. The SMILES string of the molecule is Cc1ccc(CNC(=O)C2CN(C(=O)c3cnn(Cc4ccccc4F)c3)CC23CN(C=O)C3)nn1. The summed E-state index contributed by atoms with van der Waals surface area (Å²) in [4.78, 5) is 41.0. The average Bonchev–Trinajstić information content (AvgIpc) is 3.49. The van der Waals surface area contributed by atoms with Gasteiger partial charge in [-0.15, -0.1) is 0 Å². The van der Waals surface area contributed by atoms with Gasteiger partial charge in [0.15, 0.2) is 0 Å². The van der Waals surface area contributed by atoms with Crippen LogP contribution in [0.5, 0.6) is 0 Å². The standard InChI is InChI=1S/C25H26FN7O3/c1-17-6-7-20(30-29-17)9-27-23(35)21-12-32(15-25(21)13-31(14-25)16-34)24(36)19-8-28-33(11-19)10-18-4-2-3-5-22(18)26/h2-8,11,16,21H,9-10,12-15H2,1H3,(H,27,35). The van der Waals surface area contributed by atoms with Crippen molar-refractivity contribution in [3.8, 4) is 0 Å². The number of likely N-dealkylation sites (tertiary alicyclic amines) is 2. The second kappa shape index (κ2) is 9.48. The van der Waals surface area contributed by atoms with Crippen LogP contribution in [-0.4, -0.2) is 74.2 Å². The number of benzene rings is 1. The van der Waals surface area contributed by atoms with Crippen molar-refractivity contribution in [2.24, 2.45) is 11.3 Å². The Balaban J connectivity index is 1.27. The van der Waals surface area contributed by atoms with E-state index < -0.39 is 11.3 Å². The summed E-state index contributed by atoms with van der Waals surface area (Å²) in [6.45, 7) is 3.68. The first-order valence-electron chi connectivity index (χ1n) is 11.7. The lowest BCUT2D eigenvalue weighted by molar-refractivity contribution is -0.140. The highest BCUT2D eigenvalue weighted by atomic mass is 19.1. The summed E-state index contributed by atoms with van der Waals surface area (Å²) in [7, 11) is 0. The molecule has 2 fully saturated rings. The molecule has 2 aliphatic heterocycles. The molecule has 0 bridgehead atoms. The van der Waals surface area contributed by atoms with Crippen molar-refractivity contribution < 1.29 is 18.8 Å². The molecule has 0 radical (unpaired) electrons. The van der Waals surface area contributed by atoms with Crippen molar-refractivity contribution in [2.45, 2.75) is 20.0 Å². The lowest BCUT2D eigenvalue weighted by atomic mass is 9.71. The number of carbonyl (C=O) groups is 3. The number of amides is 3. The normalized spacial score (nSPS) is 18.2. The first-order chi connectivity index (χ1) is 17.4. The van der Waals surface area contributed by atoms with E-state index in [0.29, 0.717) is 36.5 Å². The van der Waals surface area contributed by atoms with Crippen molar-refractivity contribution in [1.29, 1.82) is 0 Å². The molecule has 1 atom stereocenters. The molecule has 10 nitrogen and oxygen atoms in total. The van der Waals surface area contributed by atoms with Gasteiger partial charge in [0.05, 0.1) is 42.2 Å². The molecule has 5 rings (SSSR count). The molecule has 1 spiro atoms. The molecule has 2 aliphatic rings. The Kier molecular flexibility index (Phi) is 6.21. The van der Waals surface area contributed by atoms with E-state index in [2.05, 4.69) is 20.6 Å². The number of nitrogens with zero attached hydrogens (tertiary/aromatic N) is 6. The Bertz CT molecular complexity index is 1290. The Morgan fingerprint density at radius 1 is 1.17 bits per heavy atom. The predicted octanol–water partition coefficient (Wildman–Crippen LogP) is 1.02. The van der Waals surface area contributed by atoms with Crippen LogP contribution in [0, 0.1) is 24.1 Å². The zero-order valence-corrected chi connectivity index (χ0v) is 19.8. The lowest BCUT2D eigenvalue weighted by Crippen LogP contribution is -2.62. The van der Waals surface area contributed by atoms with Gasteiger partial charge < -0.3 is 15.1 Å². The van der Waals surface area contributed by atoms with Crippen LogP contribution in [0.1, 0.15) is 27.3 Å². The maximum atomic E-state index is 14.0. The van der Waals surface area contributed by atoms with E-state index in [0.717, 1.165) is 12.1 Å². The van der Waals surface area contributed by atoms with Crippen LogP contribution < -0.4 is 5.32 Å². The maximum absolute atomic E-state index is 14.0. The molecule has 36 heavy (non-hydrogen) atoms. The molecule has 3 amide bonds. The van der Waals surface area contributed by atoms with Gasteiger partial charge in [-0.25, -0.2) is 4.39 Å². The van der Waals surface area contributed by atoms with Gasteiger partial charge in [0.1, 0.15) is 5.82 Å². The van der Waals surface area contributed by atoms with E-state index in [1.54, 1.807) is 40.3 Å². The maximum Gasteiger partial charge on any atom is 0.257 e. The van der Waals surface area contributed by atoms with E-state index in [-0.39, 0.29) is 37.3 Å². The monoisotopic (exact) mass is 491 g/mol. The Morgan fingerprint density at radius 2 is 1.97 bits per heavy atom. The number of hydrogen-bond donors (Lipinski definition) is 1. The zero-order valence-electron chi connectivity index (χ0n) is 19.8. The van der Waals surface area contributed by atoms with E-state index in [1.165, 1.54) is 16.9 Å². The summed E-state index contributed by atoms with van der Waals surface area (Å²) >= 11 is 0. The Hall–Kier alpha value is -4.15. The molecule has 3 aromatic rings. The second-order valence-electron chi connectivity index (χ2n) is 9.51. The molecular weight excluding hydrogens is 465 g/mol. The van der Waals surface area contributed by atoms with Gasteiger partial charge in [-0.05, 0) is 25.1 Å². The molecule has 0 saturated carbocycles. The van der Waals surface area contributed by atoms with E-state index >= 15 is 0 Å². The van der Waals surface area contributed by atoms with Gasteiger partial charge in [0.2, 0.25) is 12.3 Å². The number of nitrogens with one attached hydrogen (secondary N) is 1. The van der Waals surface area contributed by atoms with Gasteiger partial charge in [-0.1, -0.05) is 18.2 Å². The fraction of sp³-hybridized carbons (Fsp3) is 0.360. The summed E-state index contributed by atoms with van der Waals surface area (Å²) in [5.74, 6) is -1.24. The first-order valence-corrected chi connectivity index (χ1v) is 11.7. The molecule has 1 aromatic carbocycles. The van der Waals surface area contributed by atoms with Crippen LogP contribution in [0.25, 0.3) is 0 Å². The van der Waals surface area contributed by atoms with Crippen LogP contribution in [-0.2, 0) is 22.7 Å². The van der Waals surface area contributed by atoms with E-state index in [1.807, 2.05) is 13.0 Å². The number of carbonyl (C=O) groups excluding carboxylic acids is 3. The Labute approximate surface area is 207 Å². The first kappa shape index (κ1) is 23.6. The number of halogens is 1. The third kappa shape index (κ3) is 4.56. The van der Waals surface area contributed by atoms with Crippen molar-refractivity contribution >= 4 is 18.2 Å². The fourth-order valence-electron chi connectivity index (χ4n) is 5.01. The van der Waals surface area contributed by atoms with E-state index in [9.17, 15) is 18.8 Å². The number of aryl methyl sites for hydroxylation is 1. The summed E-state index contributed by atoms with van der Waals surface area (Å²) in [5.41, 5.74) is 1.76. The van der Waals surface area contributed by atoms with Crippen molar-refractivity contribution in [2.75, 3.05) is 26.2 Å². The quantitative estimate of drug-likeness (QED) is 0.494. The molecule has 186 valence electrons. The van der Waals surface area contributed by atoms with Gasteiger partial charge in [-0.2, -0.15) is 15.3 Å². The summed E-state index contributed by atoms with van der Waals surface area (Å²) in [6.07, 6.45) is 3.81. The molecule has 1 unspecified atom stereocenters. The van der Waals surface area contributed by atoms with Crippen molar-refractivity contribution in [1.82, 2.24) is 35.1 Å². The molecule has 1 N–H and O–H groups in total. The number of hydrogen-bond acceptors (Lipinski definition) is 6. The second-order valence-corrected chi connectivity index (χ2v) is 9.51. The van der Waals surface area contributed by atoms with Gasteiger partial charge in [0.25, 0.3) is 5.91 Å².